The number of carbonyl (C=O) groups excluding carboxylic acids is 1. The number of methoxy groups -OCH3 is 1. The zero-order valence-electron chi connectivity index (χ0n) is 23.8. The van der Waals surface area contributed by atoms with Crippen LogP contribution in [-0.2, 0) is 0 Å². The minimum Gasteiger partial charge on any atom is -0.494 e. The summed E-state index contributed by atoms with van der Waals surface area (Å²) in [5.74, 6) is 1.24. The SMILES string of the molecule is COc1ccc(C2CN=C3C(Nc4ccc(C(=O)N5CCC(NCCN6CCC6)CC5)c(C)c4)=NC=CN32)cc1F. The molecule has 2 aromatic rings. The number of hydrogen-bond acceptors (Lipinski definition) is 8. The van der Waals surface area contributed by atoms with Gasteiger partial charge in [0.05, 0.1) is 19.7 Å². The molecule has 0 bridgehead atoms. The van der Waals surface area contributed by atoms with Crippen LogP contribution in [-0.4, -0.2) is 91.2 Å². The Bertz CT molecular complexity index is 1380. The van der Waals surface area contributed by atoms with Crippen LogP contribution in [0, 0.1) is 12.7 Å². The molecule has 10 heteroatoms. The fourth-order valence-electron chi connectivity index (χ4n) is 5.95. The number of nitrogens with one attached hydrogen (secondary N) is 2. The van der Waals surface area contributed by atoms with Crippen molar-refractivity contribution in [3.8, 4) is 5.75 Å². The number of fused-ring (bicyclic) bond motifs is 1. The van der Waals surface area contributed by atoms with Gasteiger partial charge in [-0.2, -0.15) is 0 Å². The van der Waals surface area contributed by atoms with Crippen molar-refractivity contribution >= 4 is 23.3 Å². The molecule has 1 atom stereocenters. The van der Waals surface area contributed by atoms with E-state index in [0.717, 1.165) is 61.4 Å². The van der Waals surface area contributed by atoms with Crippen LogP contribution in [0.4, 0.5) is 10.1 Å². The third kappa shape index (κ3) is 5.85. The number of amidine groups is 2. The van der Waals surface area contributed by atoms with Crippen LogP contribution in [0.3, 0.4) is 0 Å². The van der Waals surface area contributed by atoms with E-state index in [1.165, 1.54) is 32.7 Å². The normalized spacial score (nSPS) is 20.8. The average molecular weight is 560 g/mol. The molecule has 0 aliphatic carbocycles. The first-order valence-electron chi connectivity index (χ1n) is 14.5. The summed E-state index contributed by atoms with van der Waals surface area (Å²) in [4.78, 5) is 29.0. The number of hydrogen-bond donors (Lipinski definition) is 2. The van der Waals surface area contributed by atoms with Gasteiger partial charge in [-0.05, 0) is 80.7 Å². The highest BCUT2D eigenvalue weighted by Crippen LogP contribution is 2.32. The summed E-state index contributed by atoms with van der Waals surface area (Å²) in [6.45, 7) is 8.62. The number of anilines is 1. The summed E-state index contributed by atoms with van der Waals surface area (Å²) in [7, 11) is 1.46. The van der Waals surface area contributed by atoms with Gasteiger partial charge in [0, 0.05) is 55.9 Å². The van der Waals surface area contributed by atoms with Crippen molar-refractivity contribution in [2.24, 2.45) is 9.98 Å². The van der Waals surface area contributed by atoms with E-state index in [0.29, 0.717) is 24.3 Å². The Morgan fingerprint density at radius 2 is 1.95 bits per heavy atom. The second-order valence-electron chi connectivity index (χ2n) is 11.1. The largest absolute Gasteiger partial charge is 0.494 e. The van der Waals surface area contributed by atoms with Crippen LogP contribution in [0.2, 0.25) is 0 Å². The molecule has 2 N–H and O–H groups in total. The highest BCUT2D eigenvalue weighted by Gasteiger charge is 2.33. The lowest BCUT2D eigenvalue weighted by Crippen LogP contribution is -2.48. The van der Waals surface area contributed by atoms with Gasteiger partial charge in [0.15, 0.2) is 23.2 Å². The Morgan fingerprint density at radius 3 is 2.66 bits per heavy atom. The third-order valence-corrected chi connectivity index (χ3v) is 8.51. The van der Waals surface area contributed by atoms with Crippen LogP contribution in [0.25, 0.3) is 0 Å². The number of benzene rings is 2. The van der Waals surface area contributed by atoms with Gasteiger partial charge in [-0.25, -0.2) is 9.38 Å². The Kier molecular flexibility index (Phi) is 8.02. The minimum absolute atomic E-state index is 0.0897. The molecule has 1 unspecified atom stereocenters. The number of ether oxygens (including phenoxy) is 1. The second-order valence-corrected chi connectivity index (χ2v) is 11.1. The fraction of sp³-hybridized carbons (Fsp3) is 0.452. The van der Waals surface area contributed by atoms with E-state index in [1.54, 1.807) is 12.3 Å². The first-order valence-corrected chi connectivity index (χ1v) is 14.5. The van der Waals surface area contributed by atoms with E-state index in [-0.39, 0.29) is 17.7 Å². The van der Waals surface area contributed by atoms with Crippen LogP contribution in [0.15, 0.2) is 58.8 Å². The number of aliphatic imine (C=N–C) groups is 2. The number of amides is 1. The van der Waals surface area contributed by atoms with Crippen LogP contribution < -0.4 is 15.4 Å². The molecule has 0 saturated carbocycles. The topological polar surface area (TPSA) is 84.8 Å². The summed E-state index contributed by atoms with van der Waals surface area (Å²) in [6, 6.07) is 11.2. The Labute approximate surface area is 240 Å². The lowest BCUT2D eigenvalue weighted by atomic mass is 10.0. The van der Waals surface area contributed by atoms with Crippen molar-refractivity contribution < 1.29 is 13.9 Å². The Balaban J connectivity index is 1.05. The van der Waals surface area contributed by atoms with E-state index in [9.17, 15) is 9.18 Å². The van der Waals surface area contributed by atoms with Gasteiger partial charge in [0.25, 0.3) is 5.91 Å². The van der Waals surface area contributed by atoms with E-state index >= 15 is 0 Å². The first kappa shape index (κ1) is 27.4. The zero-order valence-corrected chi connectivity index (χ0v) is 23.8. The molecule has 216 valence electrons. The Morgan fingerprint density at radius 1 is 1.12 bits per heavy atom. The van der Waals surface area contributed by atoms with Crippen molar-refractivity contribution in [3.05, 3.63) is 71.3 Å². The first-order chi connectivity index (χ1) is 20.0. The van der Waals surface area contributed by atoms with Gasteiger partial charge in [0.2, 0.25) is 0 Å². The second kappa shape index (κ2) is 12.0. The van der Waals surface area contributed by atoms with Crippen molar-refractivity contribution in [2.45, 2.75) is 38.3 Å². The summed E-state index contributed by atoms with van der Waals surface area (Å²) in [5.41, 5.74) is 3.29. The van der Waals surface area contributed by atoms with E-state index in [4.69, 9.17) is 9.73 Å². The minimum atomic E-state index is -0.393. The number of halogens is 1. The zero-order chi connectivity index (χ0) is 28.3. The van der Waals surface area contributed by atoms with Crippen molar-refractivity contribution in [3.63, 3.8) is 0 Å². The summed E-state index contributed by atoms with van der Waals surface area (Å²) in [5, 5.41) is 7.05. The van der Waals surface area contributed by atoms with Gasteiger partial charge < -0.3 is 30.1 Å². The maximum atomic E-state index is 14.4. The fourth-order valence-corrected chi connectivity index (χ4v) is 5.95. The molecular weight excluding hydrogens is 521 g/mol. The molecule has 6 rings (SSSR count). The monoisotopic (exact) mass is 559 g/mol. The van der Waals surface area contributed by atoms with Gasteiger partial charge >= 0.3 is 0 Å². The van der Waals surface area contributed by atoms with E-state index in [2.05, 4.69) is 20.5 Å². The van der Waals surface area contributed by atoms with E-state index in [1.807, 2.05) is 47.2 Å². The van der Waals surface area contributed by atoms with Crippen LogP contribution in [0.1, 0.15) is 46.8 Å². The summed E-state index contributed by atoms with van der Waals surface area (Å²) >= 11 is 0. The molecule has 0 radical (unpaired) electrons. The quantitative estimate of drug-likeness (QED) is 0.512. The van der Waals surface area contributed by atoms with Gasteiger partial charge in [-0.1, -0.05) is 6.07 Å². The maximum absolute atomic E-state index is 14.4. The molecule has 2 saturated heterocycles. The van der Waals surface area contributed by atoms with Gasteiger partial charge in [0.1, 0.15) is 0 Å². The standard InChI is InChI=1S/C31H38FN7O2/c1-21-18-24(5-6-25(21)31(40)38-14-8-23(9-15-38)33-10-16-37-12-3-13-37)36-29-30-35-20-27(39(30)17-11-34-29)22-4-7-28(41-2)26(32)19-22/h4-7,11,17-19,23,27,33H,3,8-10,12-16,20H2,1-2H3,(H,34,36). The van der Waals surface area contributed by atoms with Crippen molar-refractivity contribution in [1.29, 1.82) is 0 Å². The van der Waals surface area contributed by atoms with Gasteiger partial charge in [-0.3, -0.25) is 9.79 Å². The van der Waals surface area contributed by atoms with Crippen LogP contribution >= 0.6 is 0 Å². The third-order valence-electron chi connectivity index (χ3n) is 8.51. The van der Waals surface area contributed by atoms with Crippen molar-refractivity contribution in [1.82, 2.24) is 20.0 Å². The molecule has 4 heterocycles. The van der Waals surface area contributed by atoms with Gasteiger partial charge in [-0.15, -0.1) is 0 Å². The summed E-state index contributed by atoms with van der Waals surface area (Å²) in [6.07, 6.45) is 6.88. The average Bonchev–Trinajstić information content (AvgIpc) is 3.40. The number of rotatable bonds is 8. The molecule has 41 heavy (non-hydrogen) atoms. The molecule has 0 spiro atoms. The highest BCUT2D eigenvalue weighted by molar-refractivity contribution is 6.45. The number of likely N-dealkylation sites (tertiary alicyclic amines) is 2. The molecular formula is C31H38FN7O2. The van der Waals surface area contributed by atoms with E-state index < -0.39 is 5.82 Å². The molecule has 1 amide bonds. The van der Waals surface area contributed by atoms with Crippen LogP contribution in [0.5, 0.6) is 5.75 Å². The Hall–Kier alpha value is -3.76. The molecule has 4 aliphatic heterocycles. The smallest absolute Gasteiger partial charge is 0.254 e. The molecule has 0 aromatic heterocycles. The molecule has 2 fully saturated rings. The predicted octanol–water partition coefficient (Wildman–Crippen LogP) is 3.79. The predicted molar refractivity (Wildman–Crippen MR) is 159 cm³/mol. The number of piperidine rings is 1. The number of aryl methyl sites for hydroxylation is 1. The molecule has 4 aliphatic rings. The lowest BCUT2D eigenvalue weighted by molar-refractivity contribution is 0.0702. The highest BCUT2D eigenvalue weighted by atomic mass is 19.1. The molecule has 2 aromatic carbocycles. The maximum Gasteiger partial charge on any atom is 0.254 e. The molecule has 9 nitrogen and oxygen atoms in total. The lowest BCUT2D eigenvalue weighted by Gasteiger charge is -2.34. The number of nitrogens with zero attached hydrogens (tertiary/aromatic N) is 5. The van der Waals surface area contributed by atoms with Crippen molar-refractivity contribution in [2.75, 3.05) is 58.2 Å². The number of carbonyl (C=O) groups is 1. The summed E-state index contributed by atoms with van der Waals surface area (Å²) < 4.78 is 19.4.